The van der Waals surface area contributed by atoms with Crippen molar-refractivity contribution in [3.8, 4) is 0 Å². The Labute approximate surface area is 99.0 Å². The van der Waals surface area contributed by atoms with E-state index in [9.17, 15) is 4.79 Å². The number of rotatable bonds is 3. The summed E-state index contributed by atoms with van der Waals surface area (Å²) in [5.74, 6) is -0.234. The van der Waals surface area contributed by atoms with Crippen LogP contribution in [0, 0.1) is 0 Å². The topological polar surface area (TPSA) is 67.8 Å². The van der Waals surface area contributed by atoms with Gasteiger partial charge in [-0.2, -0.15) is 0 Å². The van der Waals surface area contributed by atoms with Gasteiger partial charge in [0.05, 0.1) is 12.2 Å². The van der Waals surface area contributed by atoms with Crippen molar-refractivity contribution in [2.45, 2.75) is 13.0 Å². The standard InChI is InChI=1S/C12H12N4O/c1-9(10-2-4-13-5-3-10)16-12(17)11-8-14-6-7-15-11/h2-9H,1H3,(H,16,17). The van der Waals surface area contributed by atoms with E-state index in [-0.39, 0.29) is 11.9 Å². The van der Waals surface area contributed by atoms with E-state index in [0.717, 1.165) is 5.56 Å². The van der Waals surface area contributed by atoms with Crippen LogP contribution < -0.4 is 5.32 Å². The summed E-state index contributed by atoms with van der Waals surface area (Å²) in [5.41, 5.74) is 1.31. The van der Waals surface area contributed by atoms with Gasteiger partial charge in [-0.05, 0) is 24.6 Å². The zero-order valence-corrected chi connectivity index (χ0v) is 9.37. The molecule has 0 aliphatic rings. The molecule has 0 saturated carbocycles. The number of nitrogens with zero attached hydrogens (tertiary/aromatic N) is 3. The fourth-order valence-corrected chi connectivity index (χ4v) is 1.42. The molecule has 5 nitrogen and oxygen atoms in total. The minimum atomic E-state index is -0.234. The molecule has 0 spiro atoms. The molecule has 2 rings (SSSR count). The zero-order valence-electron chi connectivity index (χ0n) is 9.37. The number of hydrogen-bond donors (Lipinski definition) is 1. The average Bonchev–Trinajstić information content (AvgIpc) is 2.40. The molecule has 2 heterocycles. The third kappa shape index (κ3) is 2.84. The highest BCUT2D eigenvalue weighted by atomic mass is 16.1. The quantitative estimate of drug-likeness (QED) is 0.861. The Morgan fingerprint density at radius 3 is 2.59 bits per heavy atom. The van der Waals surface area contributed by atoms with Crippen molar-refractivity contribution in [1.29, 1.82) is 0 Å². The zero-order chi connectivity index (χ0) is 12.1. The Morgan fingerprint density at radius 2 is 1.94 bits per heavy atom. The van der Waals surface area contributed by atoms with Gasteiger partial charge in [-0.3, -0.25) is 14.8 Å². The summed E-state index contributed by atoms with van der Waals surface area (Å²) in [7, 11) is 0. The van der Waals surface area contributed by atoms with Crippen LogP contribution in [-0.4, -0.2) is 20.9 Å². The second-order valence-electron chi connectivity index (χ2n) is 3.57. The van der Waals surface area contributed by atoms with Crippen LogP contribution in [-0.2, 0) is 0 Å². The van der Waals surface area contributed by atoms with Gasteiger partial charge in [0.15, 0.2) is 0 Å². The lowest BCUT2D eigenvalue weighted by Crippen LogP contribution is -2.27. The molecule has 1 atom stereocenters. The first-order chi connectivity index (χ1) is 8.27. The maximum atomic E-state index is 11.8. The summed E-state index contributed by atoms with van der Waals surface area (Å²) < 4.78 is 0. The third-order valence-electron chi connectivity index (χ3n) is 2.35. The SMILES string of the molecule is CC(NC(=O)c1cnccn1)c1ccncc1. The largest absolute Gasteiger partial charge is 0.344 e. The molecule has 2 aromatic heterocycles. The van der Waals surface area contributed by atoms with E-state index in [2.05, 4.69) is 20.3 Å². The van der Waals surface area contributed by atoms with Gasteiger partial charge >= 0.3 is 0 Å². The van der Waals surface area contributed by atoms with Crippen LogP contribution in [0.4, 0.5) is 0 Å². The maximum Gasteiger partial charge on any atom is 0.271 e. The molecule has 0 bridgehead atoms. The van der Waals surface area contributed by atoms with Crippen molar-refractivity contribution in [2.75, 3.05) is 0 Å². The molecule has 1 unspecified atom stereocenters. The number of hydrogen-bond acceptors (Lipinski definition) is 4. The van der Waals surface area contributed by atoms with Crippen LogP contribution in [0.1, 0.15) is 29.0 Å². The van der Waals surface area contributed by atoms with Crippen LogP contribution >= 0.6 is 0 Å². The first-order valence-corrected chi connectivity index (χ1v) is 5.24. The molecule has 0 saturated heterocycles. The molecule has 2 aromatic rings. The first kappa shape index (κ1) is 11.2. The summed E-state index contributed by atoms with van der Waals surface area (Å²) >= 11 is 0. The maximum absolute atomic E-state index is 11.8. The average molecular weight is 228 g/mol. The van der Waals surface area contributed by atoms with Gasteiger partial charge in [0, 0.05) is 24.8 Å². The van der Waals surface area contributed by atoms with Crippen molar-refractivity contribution in [3.05, 3.63) is 54.4 Å². The lowest BCUT2D eigenvalue weighted by atomic mass is 10.1. The van der Waals surface area contributed by atoms with E-state index in [1.165, 1.54) is 18.6 Å². The first-order valence-electron chi connectivity index (χ1n) is 5.24. The lowest BCUT2D eigenvalue weighted by Gasteiger charge is -2.13. The van der Waals surface area contributed by atoms with Crippen LogP contribution in [0.2, 0.25) is 0 Å². The Morgan fingerprint density at radius 1 is 1.18 bits per heavy atom. The van der Waals surface area contributed by atoms with Gasteiger partial charge in [0.2, 0.25) is 0 Å². The van der Waals surface area contributed by atoms with Crippen molar-refractivity contribution < 1.29 is 4.79 Å². The van der Waals surface area contributed by atoms with Gasteiger partial charge in [-0.1, -0.05) is 0 Å². The molecule has 1 N–H and O–H groups in total. The van der Waals surface area contributed by atoms with Gasteiger partial charge in [-0.15, -0.1) is 0 Å². The molecular formula is C12H12N4O. The van der Waals surface area contributed by atoms with Crippen LogP contribution in [0.25, 0.3) is 0 Å². The Hall–Kier alpha value is -2.30. The van der Waals surface area contributed by atoms with Crippen molar-refractivity contribution in [1.82, 2.24) is 20.3 Å². The summed E-state index contributed by atoms with van der Waals surface area (Å²) in [5, 5.41) is 2.84. The molecule has 86 valence electrons. The molecule has 1 amide bonds. The smallest absolute Gasteiger partial charge is 0.271 e. The summed E-state index contributed by atoms with van der Waals surface area (Å²) in [4.78, 5) is 23.5. The number of nitrogens with one attached hydrogen (secondary N) is 1. The molecule has 0 aromatic carbocycles. The monoisotopic (exact) mass is 228 g/mol. The van der Waals surface area contributed by atoms with E-state index in [0.29, 0.717) is 5.69 Å². The van der Waals surface area contributed by atoms with Crippen molar-refractivity contribution in [3.63, 3.8) is 0 Å². The fraction of sp³-hybridized carbons (Fsp3) is 0.167. The molecule has 0 radical (unpaired) electrons. The number of aromatic nitrogens is 3. The van der Waals surface area contributed by atoms with Crippen LogP contribution in [0.5, 0.6) is 0 Å². The second kappa shape index (κ2) is 5.16. The van der Waals surface area contributed by atoms with Gasteiger partial charge in [0.1, 0.15) is 5.69 Å². The highest BCUT2D eigenvalue weighted by Crippen LogP contribution is 2.10. The number of carbonyl (C=O) groups is 1. The predicted molar refractivity (Wildman–Crippen MR) is 62.2 cm³/mol. The summed E-state index contributed by atoms with van der Waals surface area (Å²) in [6.45, 7) is 1.91. The summed E-state index contributed by atoms with van der Waals surface area (Å²) in [6, 6.07) is 3.64. The number of amides is 1. The van der Waals surface area contributed by atoms with E-state index in [1.807, 2.05) is 19.1 Å². The highest BCUT2D eigenvalue weighted by molar-refractivity contribution is 5.92. The second-order valence-corrected chi connectivity index (χ2v) is 3.57. The minimum absolute atomic E-state index is 0.0903. The van der Waals surface area contributed by atoms with Gasteiger partial charge < -0.3 is 5.32 Å². The summed E-state index contributed by atoms with van der Waals surface area (Å²) in [6.07, 6.45) is 7.85. The van der Waals surface area contributed by atoms with Gasteiger partial charge in [0.25, 0.3) is 5.91 Å². The number of carbonyl (C=O) groups excluding carboxylic acids is 1. The van der Waals surface area contributed by atoms with E-state index < -0.39 is 0 Å². The Bertz CT molecular complexity index is 486. The normalized spacial score (nSPS) is 11.8. The molecule has 0 fully saturated rings. The van der Waals surface area contributed by atoms with E-state index in [4.69, 9.17) is 0 Å². The van der Waals surface area contributed by atoms with Crippen molar-refractivity contribution in [2.24, 2.45) is 0 Å². The molecular weight excluding hydrogens is 216 g/mol. The molecule has 5 heteroatoms. The predicted octanol–water partition coefficient (Wildman–Crippen LogP) is 1.36. The third-order valence-corrected chi connectivity index (χ3v) is 2.35. The molecule has 17 heavy (non-hydrogen) atoms. The Balaban J connectivity index is 2.05. The lowest BCUT2D eigenvalue weighted by molar-refractivity contribution is 0.0934. The fourth-order valence-electron chi connectivity index (χ4n) is 1.42. The Kier molecular flexibility index (Phi) is 3.40. The van der Waals surface area contributed by atoms with Crippen molar-refractivity contribution >= 4 is 5.91 Å². The highest BCUT2D eigenvalue weighted by Gasteiger charge is 2.11. The minimum Gasteiger partial charge on any atom is -0.344 e. The molecule has 0 aliphatic heterocycles. The van der Waals surface area contributed by atoms with E-state index >= 15 is 0 Å². The molecule has 0 aliphatic carbocycles. The van der Waals surface area contributed by atoms with Crippen LogP contribution in [0.15, 0.2) is 43.1 Å². The number of pyridine rings is 1. The van der Waals surface area contributed by atoms with Gasteiger partial charge in [-0.25, -0.2) is 4.98 Å². The van der Waals surface area contributed by atoms with E-state index in [1.54, 1.807) is 12.4 Å². The van der Waals surface area contributed by atoms with Crippen LogP contribution in [0.3, 0.4) is 0 Å².